The molecule has 2 N–H and O–H groups in total. The standard InChI is InChI=1S/C18H15N5/c1-2-4-16(13-5-8-19-9-6-13)14(3-1)11-21-18-22-12-15-7-10-20-17(15)23-18/h1-10,12H,11H2,(H2,20,21,22,23). The molecule has 5 nitrogen and oxygen atoms in total. The van der Waals surface area contributed by atoms with E-state index in [2.05, 4.69) is 37.4 Å². The molecule has 0 unspecified atom stereocenters. The molecular formula is C18H15N5. The molecule has 0 aliphatic carbocycles. The third-order valence-corrected chi connectivity index (χ3v) is 3.75. The van der Waals surface area contributed by atoms with E-state index < -0.39 is 0 Å². The number of benzene rings is 1. The van der Waals surface area contributed by atoms with Crippen molar-refractivity contribution in [3.8, 4) is 11.1 Å². The molecule has 0 saturated heterocycles. The average molecular weight is 301 g/mol. The van der Waals surface area contributed by atoms with Gasteiger partial charge in [0.25, 0.3) is 0 Å². The number of hydrogen-bond donors (Lipinski definition) is 2. The minimum Gasteiger partial charge on any atom is -0.350 e. The monoisotopic (exact) mass is 301 g/mol. The molecule has 0 radical (unpaired) electrons. The largest absolute Gasteiger partial charge is 0.350 e. The molecule has 5 heteroatoms. The number of hydrogen-bond acceptors (Lipinski definition) is 4. The van der Waals surface area contributed by atoms with Crippen LogP contribution in [0.1, 0.15) is 5.56 Å². The molecule has 23 heavy (non-hydrogen) atoms. The molecule has 3 aromatic heterocycles. The molecular weight excluding hydrogens is 286 g/mol. The lowest BCUT2D eigenvalue weighted by molar-refractivity contribution is 1.07. The Morgan fingerprint density at radius 3 is 2.78 bits per heavy atom. The van der Waals surface area contributed by atoms with Gasteiger partial charge in [-0.1, -0.05) is 24.3 Å². The van der Waals surface area contributed by atoms with Crippen molar-refractivity contribution in [2.45, 2.75) is 6.54 Å². The molecule has 0 saturated carbocycles. The zero-order valence-corrected chi connectivity index (χ0v) is 12.4. The van der Waals surface area contributed by atoms with Gasteiger partial charge in [0, 0.05) is 36.7 Å². The molecule has 0 spiro atoms. The first kappa shape index (κ1) is 13.5. The van der Waals surface area contributed by atoms with E-state index in [4.69, 9.17) is 0 Å². The van der Waals surface area contributed by atoms with Crippen LogP contribution in [0, 0.1) is 0 Å². The molecule has 0 amide bonds. The number of fused-ring (bicyclic) bond motifs is 1. The van der Waals surface area contributed by atoms with Gasteiger partial charge in [0.15, 0.2) is 0 Å². The van der Waals surface area contributed by atoms with E-state index in [0.717, 1.165) is 16.6 Å². The fraction of sp³-hybridized carbons (Fsp3) is 0.0556. The van der Waals surface area contributed by atoms with E-state index in [1.165, 1.54) is 11.1 Å². The lowest BCUT2D eigenvalue weighted by Crippen LogP contribution is -2.04. The van der Waals surface area contributed by atoms with Crippen molar-refractivity contribution in [3.63, 3.8) is 0 Å². The summed E-state index contributed by atoms with van der Waals surface area (Å²) in [5.41, 5.74) is 4.36. The summed E-state index contributed by atoms with van der Waals surface area (Å²) in [4.78, 5) is 16.0. The summed E-state index contributed by atoms with van der Waals surface area (Å²) in [5.74, 6) is 0.615. The van der Waals surface area contributed by atoms with Crippen LogP contribution in [0.3, 0.4) is 0 Å². The molecule has 0 atom stereocenters. The molecule has 0 aliphatic heterocycles. The molecule has 0 fully saturated rings. The molecule has 4 aromatic rings. The second-order valence-corrected chi connectivity index (χ2v) is 5.22. The summed E-state index contributed by atoms with van der Waals surface area (Å²) in [6, 6.07) is 14.3. The van der Waals surface area contributed by atoms with E-state index in [1.54, 1.807) is 0 Å². The Labute approximate surface area is 133 Å². The highest BCUT2D eigenvalue weighted by Gasteiger charge is 2.06. The summed E-state index contributed by atoms with van der Waals surface area (Å²) >= 11 is 0. The number of nitrogens with one attached hydrogen (secondary N) is 2. The Hall–Kier alpha value is -3.21. The number of anilines is 1. The normalized spacial score (nSPS) is 10.8. The summed E-state index contributed by atoms with van der Waals surface area (Å²) in [6.07, 6.45) is 7.29. The highest BCUT2D eigenvalue weighted by atomic mass is 15.1. The summed E-state index contributed by atoms with van der Waals surface area (Å²) in [5, 5.41) is 4.30. The predicted octanol–water partition coefficient (Wildman–Crippen LogP) is 3.63. The Balaban J connectivity index is 1.59. The summed E-state index contributed by atoms with van der Waals surface area (Å²) < 4.78 is 0. The summed E-state index contributed by atoms with van der Waals surface area (Å²) in [6.45, 7) is 0.657. The molecule has 4 rings (SSSR count). The summed E-state index contributed by atoms with van der Waals surface area (Å²) in [7, 11) is 0. The number of H-pyrrole nitrogens is 1. The zero-order chi connectivity index (χ0) is 15.5. The quantitative estimate of drug-likeness (QED) is 0.604. The van der Waals surface area contributed by atoms with E-state index in [-0.39, 0.29) is 0 Å². The van der Waals surface area contributed by atoms with Crippen molar-refractivity contribution in [1.29, 1.82) is 0 Å². The van der Waals surface area contributed by atoms with Crippen LogP contribution in [0.15, 0.2) is 67.3 Å². The molecule has 1 aromatic carbocycles. The van der Waals surface area contributed by atoms with Crippen molar-refractivity contribution in [2.75, 3.05) is 5.32 Å². The second kappa shape index (κ2) is 5.88. The van der Waals surface area contributed by atoms with Crippen molar-refractivity contribution < 1.29 is 0 Å². The van der Waals surface area contributed by atoms with Crippen LogP contribution in [0.25, 0.3) is 22.2 Å². The Morgan fingerprint density at radius 1 is 1.00 bits per heavy atom. The first-order valence-electron chi connectivity index (χ1n) is 7.42. The number of rotatable bonds is 4. The third-order valence-electron chi connectivity index (χ3n) is 3.75. The topological polar surface area (TPSA) is 66.5 Å². The van der Waals surface area contributed by atoms with Gasteiger partial charge in [-0.25, -0.2) is 4.98 Å². The van der Waals surface area contributed by atoms with Crippen molar-refractivity contribution >= 4 is 17.0 Å². The first-order chi connectivity index (χ1) is 11.4. The molecule has 0 bridgehead atoms. The number of nitrogens with zero attached hydrogens (tertiary/aromatic N) is 3. The van der Waals surface area contributed by atoms with Crippen LogP contribution < -0.4 is 5.32 Å². The SMILES string of the molecule is c1ccc(-c2ccncc2)c(CNc2ncc3cc[nH]c3n2)c1. The molecule has 0 aliphatic rings. The fourth-order valence-corrected chi connectivity index (χ4v) is 2.59. The number of aromatic nitrogens is 4. The van der Waals surface area contributed by atoms with Crippen LogP contribution in [0.5, 0.6) is 0 Å². The van der Waals surface area contributed by atoms with Gasteiger partial charge >= 0.3 is 0 Å². The van der Waals surface area contributed by atoms with Crippen LogP contribution in [0.4, 0.5) is 5.95 Å². The van der Waals surface area contributed by atoms with Crippen molar-refractivity contribution in [3.05, 3.63) is 72.8 Å². The minimum atomic E-state index is 0.615. The Kier molecular flexibility index (Phi) is 3.44. The van der Waals surface area contributed by atoms with E-state index in [9.17, 15) is 0 Å². The lowest BCUT2D eigenvalue weighted by Gasteiger charge is -2.10. The number of pyridine rings is 1. The second-order valence-electron chi connectivity index (χ2n) is 5.22. The maximum atomic E-state index is 4.46. The maximum absolute atomic E-state index is 4.46. The Bertz CT molecular complexity index is 930. The Morgan fingerprint density at radius 2 is 1.87 bits per heavy atom. The molecule has 112 valence electrons. The smallest absolute Gasteiger partial charge is 0.224 e. The van der Waals surface area contributed by atoms with Crippen LogP contribution in [-0.2, 0) is 6.54 Å². The van der Waals surface area contributed by atoms with E-state index in [0.29, 0.717) is 12.5 Å². The van der Waals surface area contributed by atoms with Gasteiger partial charge in [-0.2, -0.15) is 4.98 Å². The van der Waals surface area contributed by atoms with Gasteiger partial charge in [0.2, 0.25) is 5.95 Å². The highest BCUT2D eigenvalue weighted by molar-refractivity contribution is 5.75. The number of aromatic amines is 1. The van der Waals surface area contributed by atoms with Crippen molar-refractivity contribution in [2.24, 2.45) is 0 Å². The first-order valence-corrected chi connectivity index (χ1v) is 7.42. The van der Waals surface area contributed by atoms with Crippen LogP contribution in [0.2, 0.25) is 0 Å². The van der Waals surface area contributed by atoms with Gasteiger partial charge in [-0.3, -0.25) is 4.98 Å². The molecule has 3 heterocycles. The van der Waals surface area contributed by atoms with Gasteiger partial charge in [0.1, 0.15) is 5.65 Å². The van der Waals surface area contributed by atoms with E-state index >= 15 is 0 Å². The van der Waals surface area contributed by atoms with Gasteiger partial charge in [-0.05, 0) is 34.9 Å². The van der Waals surface area contributed by atoms with Crippen molar-refractivity contribution in [1.82, 2.24) is 19.9 Å². The van der Waals surface area contributed by atoms with E-state index in [1.807, 2.05) is 55.1 Å². The van der Waals surface area contributed by atoms with Gasteiger partial charge in [-0.15, -0.1) is 0 Å². The highest BCUT2D eigenvalue weighted by Crippen LogP contribution is 2.23. The lowest BCUT2D eigenvalue weighted by atomic mass is 10.0. The van der Waals surface area contributed by atoms with Crippen LogP contribution >= 0.6 is 0 Å². The average Bonchev–Trinajstić information content (AvgIpc) is 3.09. The third kappa shape index (κ3) is 2.76. The van der Waals surface area contributed by atoms with Gasteiger partial charge in [0.05, 0.1) is 0 Å². The fourth-order valence-electron chi connectivity index (χ4n) is 2.59. The zero-order valence-electron chi connectivity index (χ0n) is 12.4. The van der Waals surface area contributed by atoms with Gasteiger partial charge < -0.3 is 10.3 Å². The van der Waals surface area contributed by atoms with Crippen LogP contribution in [-0.4, -0.2) is 19.9 Å². The maximum Gasteiger partial charge on any atom is 0.224 e. The minimum absolute atomic E-state index is 0.615. The predicted molar refractivity (Wildman–Crippen MR) is 90.9 cm³/mol.